The van der Waals surface area contributed by atoms with Gasteiger partial charge >= 0.3 is 5.97 Å². The molecule has 0 aromatic heterocycles. The van der Waals surface area contributed by atoms with Crippen LogP contribution in [-0.2, 0) is 18.9 Å². The molecule has 1 atom stereocenters. The van der Waals surface area contributed by atoms with Gasteiger partial charge in [-0.1, -0.05) is 13.3 Å². The first-order valence-electron chi connectivity index (χ1n) is 5.49. The van der Waals surface area contributed by atoms with Crippen LogP contribution in [0.25, 0.3) is 0 Å². The first-order valence-corrected chi connectivity index (χ1v) is 5.49. The van der Waals surface area contributed by atoms with E-state index in [0.717, 1.165) is 25.7 Å². The Morgan fingerprint density at radius 1 is 1.13 bits per heavy atom. The lowest BCUT2D eigenvalue weighted by atomic mass is 9.87. The molecule has 0 aromatic rings. The van der Waals surface area contributed by atoms with Crippen LogP contribution in [0.4, 0.5) is 0 Å². The van der Waals surface area contributed by atoms with Gasteiger partial charge in [-0.2, -0.15) is 0 Å². The maximum absolute atomic E-state index is 5.65. The van der Waals surface area contributed by atoms with Crippen molar-refractivity contribution >= 4 is 0 Å². The zero-order valence-electron chi connectivity index (χ0n) is 10.2. The fraction of sp³-hybridized carbons (Fsp3) is 1.00. The lowest BCUT2D eigenvalue weighted by Crippen LogP contribution is -2.62. The molecule has 1 saturated heterocycles. The highest BCUT2D eigenvalue weighted by molar-refractivity contribution is 4.93. The van der Waals surface area contributed by atoms with Gasteiger partial charge in [0.2, 0.25) is 0 Å². The Morgan fingerprint density at radius 2 is 1.80 bits per heavy atom. The van der Waals surface area contributed by atoms with Crippen LogP contribution in [0, 0.1) is 0 Å². The normalized spacial score (nSPS) is 30.4. The summed E-state index contributed by atoms with van der Waals surface area (Å²) < 4.78 is 22.1. The highest BCUT2D eigenvalue weighted by Crippen LogP contribution is 2.42. The molecule has 1 heterocycles. The quantitative estimate of drug-likeness (QED) is 0.661. The molecule has 1 rings (SSSR count). The van der Waals surface area contributed by atoms with E-state index < -0.39 is 11.6 Å². The third-order valence-corrected chi connectivity index (χ3v) is 3.16. The second kappa shape index (κ2) is 5.25. The molecule has 1 aliphatic heterocycles. The summed E-state index contributed by atoms with van der Waals surface area (Å²) in [5, 5.41) is 0. The average molecular weight is 218 g/mol. The van der Waals surface area contributed by atoms with Crippen molar-refractivity contribution in [1.82, 2.24) is 0 Å². The van der Waals surface area contributed by atoms with E-state index in [1.807, 2.05) is 0 Å². The average Bonchev–Trinajstić information content (AvgIpc) is 2.30. The van der Waals surface area contributed by atoms with E-state index in [0.29, 0.717) is 6.61 Å². The fourth-order valence-electron chi connectivity index (χ4n) is 2.43. The molecule has 1 fully saturated rings. The van der Waals surface area contributed by atoms with Crippen molar-refractivity contribution in [2.45, 2.75) is 44.2 Å². The molecule has 0 N–H and O–H groups in total. The molecular formula is C11H22O4. The molecule has 0 radical (unpaired) electrons. The Morgan fingerprint density at radius 3 is 2.27 bits per heavy atom. The van der Waals surface area contributed by atoms with Crippen LogP contribution in [0.1, 0.15) is 32.6 Å². The Balaban J connectivity index is 2.95. The van der Waals surface area contributed by atoms with E-state index >= 15 is 0 Å². The highest BCUT2D eigenvalue weighted by atomic mass is 16.9. The maximum Gasteiger partial charge on any atom is 0.313 e. The fourth-order valence-corrected chi connectivity index (χ4v) is 2.43. The van der Waals surface area contributed by atoms with Crippen molar-refractivity contribution in [3.8, 4) is 0 Å². The zero-order chi connectivity index (χ0) is 11.4. The van der Waals surface area contributed by atoms with Crippen molar-refractivity contribution in [2.24, 2.45) is 0 Å². The van der Waals surface area contributed by atoms with E-state index in [1.54, 1.807) is 21.3 Å². The van der Waals surface area contributed by atoms with Crippen molar-refractivity contribution in [1.29, 1.82) is 0 Å². The van der Waals surface area contributed by atoms with Crippen molar-refractivity contribution < 1.29 is 18.9 Å². The largest absolute Gasteiger partial charge is 0.370 e. The zero-order valence-corrected chi connectivity index (χ0v) is 10.2. The Bertz CT molecular complexity index is 187. The van der Waals surface area contributed by atoms with E-state index in [-0.39, 0.29) is 0 Å². The molecular weight excluding hydrogens is 196 g/mol. The van der Waals surface area contributed by atoms with Gasteiger partial charge in [0.1, 0.15) is 5.60 Å². The van der Waals surface area contributed by atoms with Gasteiger partial charge < -0.3 is 18.9 Å². The molecule has 1 unspecified atom stereocenters. The topological polar surface area (TPSA) is 36.9 Å². The molecule has 0 saturated carbocycles. The number of methoxy groups -OCH3 is 3. The van der Waals surface area contributed by atoms with Crippen LogP contribution in [0.15, 0.2) is 0 Å². The molecule has 90 valence electrons. The first kappa shape index (κ1) is 12.9. The van der Waals surface area contributed by atoms with E-state index in [2.05, 4.69) is 6.92 Å². The minimum atomic E-state index is -1.05. The summed E-state index contributed by atoms with van der Waals surface area (Å²) in [7, 11) is 4.88. The van der Waals surface area contributed by atoms with Gasteiger partial charge in [-0.25, -0.2) is 0 Å². The molecule has 4 heteroatoms. The van der Waals surface area contributed by atoms with Crippen LogP contribution in [0.3, 0.4) is 0 Å². The molecule has 15 heavy (non-hydrogen) atoms. The van der Waals surface area contributed by atoms with Crippen molar-refractivity contribution in [3.63, 3.8) is 0 Å². The molecule has 0 spiro atoms. The SMILES string of the molecule is CCCC1(OC)CCCOC1(OC)OC. The Hall–Kier alpha value is -0.160. The number of hydrogen-bond acceptors (Lipinski definition) is 4. The van der Waals surface area contributed by atoms with Gasteiger partial charge in [0.15, 0.2) is 0 Å². The van der Waals surface area contributed by atoms with Gasteiger partial charge in [-0.15, -0.1) is 0 Å². The van der Waals surface area contributed by atoms with Crippen molar-refractivity contribution in [2.75, 3.05) is 27.9 Å². The summed E-state index contributed by atoms with van der Waals surface area (Å²) in [6.07, 6.45) is 3.75. The lowest BCUT2D eigenvalue weighted by Gasteiger charge is -2.49. The number of hydrogen-bond donors (Lipinski definition) is 0. The van der Waals surface area contributed by atoms with Gasteiger partial charge in [0, 0.05) is 21.3 Å². The smallest absolute Gasteiger partial charge is 0.313 e. The monoisotopic (exact) mass is 218 g/mol. The predicted octanol–water partition coefficient (Wildman–Crippen LogP) is 1.93. The van der Waals surface area contributed by atoms with Crippen LogP contribution >= 0.6 is 0 Å². The summed E-state index contributed by atoms with van der Waals surface area (Å²) in [6, 6.07) is 0. The van der Waals surface area contributed by atoms with Crippen LogP contribution < -0.4 is 0 Å². The minimum absolute atomic E-state index is 0.483. The summed E-state index contributed by atoms with van der Waals surface area (Å²) in [6.45, 7) is 2.77. The molecule has 1 aliphatic rings. The second-order valence-electron chi connectivity index (χ2n) is 3.86. The van der Waals surface area contributed by atoms with Crippen molar-refractivity contribution in [3.05, 3.63) is 0 Å². The standard InChI is InChI=1S/C11H22O4/c1-5-7-10(12-2)8-6-9-15-11(10,13-3)14-4/h5-9H2,1-4H3. The van der Waals surface area contributed by atoms with Gasteiger partial charge in [0.05, 0.1) is 6.61 Å². The summed E-state index contributed by atoms with van der Waals surface area (Å²) >= 11 is 0. The molecule has 0 aliphatic carbocycles. The molecule has 4 nitrogen and oxygen atoms in total. The minimum Gasteiger partial charge on any atom is -0.370 e. The lowest BCUT2D eigenvalue weighted by molar-refractivity contribution is -0.445. The summed E-state index contributed by atoms with van der Waals surface area (Å²) in [5.41, 5.74) is -0.483. The van der Waals surface area contributed by atoms with Gasteiger partial charge in [0.25, 0.3) is 0 Å². The third kappa shape index (κ3) is 2.04. The van der Waals surface area contributed by atoms with Crippen LogP contribution in [0.5, 0.6) is 0 Å². The molecule has 0 amide bonds. The van der Waals surface area contributed by atoms with E-state index in [1.165, 1.54) is 0 Å². The van der Waals surface area contributed by atoms with Crippen LogP contribution in [0.2, 0.25) is 0 Å². The highest BCUT2D eigenvalue weighted by Gasteiger charge is 2.56. The van der Waals surface area contributed by atoms with Crippen LogP contribution in [-0.4, -0.2) is 39.5 Å². The summed E-state index contributed by atoms with van der Waals surface area (Å²) in [4.78, 5) is 0. The predicted molar refractivity (Wildman–Crippen MR) is 56.6 cm³/mol. The third-order valence-electron chi connectivity index (χ3n) is 3.16. The summed E-state index contributed by atoms with van der Waals surface area (Å²) in [5.74, 6) is -1.05. The number of rotatable bonds is 5. The van der Waals surface area contributed by atoms with Gasteiger partial charge in [-0.05, 0) is 19.3 Å². The Kier molecular flexibility index (Phi) is 4.52. The van der Waals surface area contributed by atoms with E-state index in [4.69, 9.17) is 18.9 Å². The number of ether oxygens (including phenoxy) is 4. The van der Waals surface area contributed by atoms with E-state index in [9.17, 15) is 0 Å². The second-order valence-corrected chi connectivity index (χ2v) is 3.86. The van der Waals surface area contributed by atoms with Gasteiger partial charge in [-0.3, -0.25) is 0 Å². The Labute approximate surface area is 91.8 Å². The maximum atomic E-state index is 5.65. The molecule has 0 bridgehead atoms. The molecule has 0 aromatic carbocycles. The first-order chi connectivity index (χ1) is 7.20.